The van der Waals surface area contributed by atoms with Crippen LogP contribution in [0.3, 0.4) is 0 Å². The van der Waals surface area contributed by atoms with Crippen LogP contribution >= 0.6 is 7.82 Å². The second kappa shape index (κ2) is 68.1. The molecule has 0 aromatic carbocycles. The van der Waals surface area contributed by atoms with E-state index < -0.39 is 26.5 Å². The fourth-order valence-corrected chi connectivity index (χ4v) is 12.6. The van der Waals surface area contributed by atoms with Gasteiger partial charge in [0.05, 0.1) is 27.7 Å². The van der Waals surface area contributed by atoms with Crippen LogP contribution in [-0.4, -0.2) is 70.0 Å². The van der Waals surface area contributed by atoms with Gasteiger partial charge in [-0.3, -0.25) is 14.2 Å². The van der Waals surface area contributed by atoms with Crippen molar-refractivity contribution < 1.29 is 42.1 Å². The average Bonchev–Trinajstić information content (AvgIpc) is 3.56. The van der Waals surface area contributed by atoms with Crippen LogP contribution in [0.1, 0.15) is 412 Å². The van der Waals surface area contributed by atoms with Gasteiger partial charge in [-0.1, -0.05) is 373 Å². The van der Waals surface area contributed by atoms with Crippen molar-refractivity contribution in [3.8, 4) is 0 Å². The summed E-state index contributed by atoms with van der Waals surface area (Å²) in [5.74, 6) is -0.809. The first-order chi connectivity index (χ1) is 42.0. The monoisotopic (exact) mass is 1240 g/mol. The molecule has 0 aliphatic heterocycles. The van der Waals surface area contributed by atoms with Gasteiger partial charge >= 0.3 is 11.9 Å². The molecule has 0 fully saturated rings. The molecule has 0 aromatic rings. The summed E-state index contributed by atoms with van der Waals surface area (Å²) in [5, 5.41) is 0. The maximum absolute atomic E-state index is 12.9. The van der Waals surface area contributed by atoms with Gasteiger partial charge in [0.25, 0.3) is 7.82 Å². The van der Waals surface area contributed by atoms with E-state index in [1.54, 1.807) is 0 Å². The van der Waals surface area contributed by atoms with E-state index in [1.807, 2.05) is 21.1 Å². The van der Waals surface area contributed by atoms with Gasteiger partial charge in [-0.05, 0) is 38.5 Å². The zero-order chi connectivity index (χ0) is 62.6. The zero-order valence-electron chi connectivity index (χ0n) is 58.6. The number of carbonyl (C=O) groups is 2. The van der Waals surface area contributed by atoms with Crippen LogP contribution in [0.25, 0.3) is 0 Å². The Labute approximate surface area is 537 Å². The van der Waals surface area contributed by atoms with Crippen molar-refractivity contribution in [3.63, 3.8) is 0 Å². The molecule has 0 saturated carbocycles. The summed E-state index contributed by atoms with van der Waals surface area (Å²) in [4.78, 5) is 38.1. The number of hydrogen-bond donors (Lipinski definition) is 0. The number of nitrogens with zero attached hydrogens (tertiary/aromatic N) is 1. The quantitative estimate of drug-likeness (QED) is 0.0195. The lowest BCUT2D eigenvalue weighted by molar-refractivity contribution is -0.870. The number of phosphoric ester groups is 1. The molecule has 0 aliphatic rings. The van der Waals surface area contributed by atoms with Crippen molar-refractivity contribution >= 4 is 19.8 Å². The van der Waals surface area contributed by atoms with E-state index >= 15 is 0 Å². The van der Waals surface area contributed by atoms with Gasteiger partial charge in [0.1, 0.15) is 19.8 Å². The third kappa shape index (κ3) is 71.8. The van der Waals surface area contributed by atoms with Crippen LogP contribution in [-0.2, 0) is 32.7 Å². The molecule has 9 nitrogen and oxygen atoms in total. The highest BCUT2D eigenvalue weighted by Gasteiger charge is 2.22. The normalized spacial score (nSPS) is 13.0. The van der Waals surface area contributed by atoms with E-state index in [4.69, 9.17) is 18.5 Å². The third-order valence-corrected chi connectivity index (χ3v) is 18.7. The number of phosphoric acid groups is 1. The number of hydrogen-bond acceptors (Lipinski definition) is 8. The lowest BCUT2D eigenvalue weighted by Crippen LogP contribution is -2.37. The van der Waals surface area contributed by atoms with Gasteiger partial charge < -0.3 is 27.9 Å². The maximum Gasteiger partial charge on any atom is 0.306 e. The first-order valence-corrected chi connectivity index (χ1v) is 39.9. The lowest BCUT2D eigenvalue weighted by atomic mass is 10.0. The Hall–Kier alpha value is -1.25. The van der Waals surface area contributed by atoms with E-state index in [0.717, 1.165) is 38.5 Å². The Morgan fingerprint density at radius 3 is 0.860 bits per heavy atom. The number of likely N-dealkylation sites (N-methyl/N-ethyl adjacent to an activating group) is 1. The smallest absolute Gasteiger partial charge is 0.306 e. The zero-order valence-corrected chi connectivity index (χ0v) is 59.5. The second-order valence-electron chi connectivity index (χ2n) is 27.7. The number of allylic oxidation sites excluding steroid dienone is 2. The van der Waals surface area contributed by atoms with Gasteiger partial charge in [-0.25, -0.2) is 0 Å². The molecule has 0 aromatic heterocycles. The third-order valence-electron chi connectivity index (χ3n) is 17.8. The van der Waals surface area contributed by atoms with E-state index in [-0.39, 0.29) is 32.0 Å². The molecule has 0 bridgehead atoms. The molecule has 0 radical (unpaired) electrons. The van der Waals surface area contributed by atoms with E-state index in [1.165, 1.54) is 340 Å². The maximum atomic E-state index is 12.9. The highest BCUT2D eigenvalue weighted by molar-refractivity contribution is 7.45. The molecule has 0 rings (SSSR count). The van der Waals surface area contributed by atoms with Crippen molar-refractivity contribution in [1.29, 1.82) is 0 Å². The SMILES string of the molecule is CCCCCCCCCC/C=C\CCCCCCCCCCCCCC(=O)OC(COC(=O)CCCCCCCCCCCCCCCCCCCCCCCCCCCCCCCCCCCCCCCCC)COP(=O)([O-])OCC[N+](C)(C)C. The van der Waals surface area contributed by atoms with Crippen molar-refractivity contribution in [2.45, 2.75) is 418 Å². The molecule has 0 heterocycles. The summed E-state index contributed by atoms with van der Waals surface area (Å²) in [6.45, 7) is 4.33. The molecule has 2 unspecified atom stereocenters. The Bertz CT molecular complexity index is 1450. The van der Waals surface area contributed by atoms with Crippen molar-refractivity contribution in [3.05, 3.63) is 12.2 Å². The summed E-state index contributed by atoms with van der Waals surface area (Å²) in [6.07, 6.45) is 84.8. The number of rotatable bonds is 73. The molecule has 0 saturated heterocycles. The number of carbonyl (C=O) groups excluding carboxylic acids is 2. The van der Waals surface area contributed by atoms with E-state index in [2.05, 4.69) is 26.0 Å². The van der Waals surface area contributed by atoms with Crippen LogP contribution in [0.4, 0.5) is 0 Å². The largest absolute Gasteiger partial charge is 0.756 e. The van der Waals surface area contributed by atoms with Crippen molar-refractivity contribution in [2.24, 2.45) is 0 Å². The first kappa shape index (κ1) is 84.8. The Morgan fingerprint density at radius 1 is 0.349 bits per heavy atom. The highest BCUT2D eigenvalue weighted by atomic mass is 31.2. The summed E-state index contributed by atoms with van der Waals surface area (Å²) < 4.78 is 34.4. The summed E-state index contributed by atoms with van der Waals surface area (Å²) >= 11 is 0. The van der Waals surface area contributed by atoms with Gasteiger partial charge in [-0.15, -0.1) is 0 Å². The van der Waals surface area contributed by atoms with Gasteiger partial charge in [-0.2, -0.15) is 0 Å². The molecule has 86 heavy (non-hydrogen) atoms. The standard InChI is InChI=1S/C76H150NO8P/c1-6-8-10-12-14-16-18-20-22-24-26-28-30-31-32-33-34-35-36-37-38-39-40-41-42-43-44-45-47-48-50-52-54-56-58-60-62-64-66-68-75(78)82-72-74(73-84-86(80,81)83-71-70-77(3,4)5)85-76(79)69-67-65-63-61-59-57-55-53-51-49-46-29-27-25-23-21-19-17-15-13-11-9-7-2/h25,27,74H,6-24,26,28-73H2,1-5H3/b27-25-. The topological polar surface area (TPSA) is 111 Å². The van der Waals surface area contributed by atoms with Crippen LogP contribution < -0.4 is 4.89 Å². The minimum atomic E-state index is -4.64. The molecule has 10 heteroatoms. The van der Waals surface area contributed by atoms with E-state index in [0.29, 0.717) is 17.4 Å². The van der Waals surface area contributed by atoms with Crippen molar-refractivity contribution in [1.82, 2.24) is 0 Å². The number of ether oxygens (including phenoxy) is 2. The molecule has 2 atom stereocenters. The lowest BCUT2D eigenvalue weighted by Gasteiger charge is -2.28. The van der Waals surface area contributed by atoms with Gasteiger partial charge in [0.15, 0.2) is 6.10 Å². The summed E-state index contributed by atoms with van der Waals surface area (Å²) in [7, 11) is 1.19. The Kier molecular flexibility index (Phi) is 67.1. The fourth-order valence-electron chi connectivity index (χ4n) is 11.9. The molecular formula is C76H150NO8P. The molecule has 0 N–H and O–H groups in total. The predicted octanol–water partition coefficient (Wildman–Crippen LogP) is 24.4. The molecule has 0 aliphatic carbocycles. The number of quaternary nitrogens is 1. The van der Waals surface area contributed by atoms with Crippen LogP contribution in [0.5, 0.6) is 0 Å². The van der Waals surface area contributed by atoms with Gasteiger partial charge in [0, 0.05) is 12.8 Å². The van der Waals surface area contributed by atoms with Crippen LogP contribution in [0, 0.1) is 0 Å². The predicted molar refractivity (Wildman–Crippen MR) is 370 cm³/mol. The molecule has 512 valence electrons. The fraction of sp³-hybridized carbons (Fsp3) is 0.947. The number of unbranched alkanes of at least 4 members (excludes halogenated alkanes) is 57. The Balaban J connectivity index is 3.86. The molecular weight excluding hydrogens is 1090 g/mol. The first-order valence-electron chi connectivity index (χ1n) is 38.4. The minimum absolute atomic E-state index is 0.0267. The minimum Gasteiger partial charge on any atom is -0.756 e. The molecule has 0 spiro atoms. The number of esters is 2. The van der Waals surface area contributed by atoms with E-state index in [9.17, 15) is 19.0 Å². The second-order valence-corrected chi connectivity index (χ2v) is 29.1. The van der Waals surface area contributed by atoms with Crippen molar-refractivity contribution in [2.75, 3.05) is 47.5 Å². The van der Waals surface area contributed by atoms with Gasteiger partial charge in [0.2, 0.25) is 0 Å². The summed E-state index contributed by atoms with van der Waals surface area (Å²) in [5.41, 5.74) is 0. The van der Waals surface area contributed by atoms with Crippen LogP contribution in [0.2, 0.25) is 0 Å². The summed E-state index contributed by atoms with van der Waals surface area (Å²) in [6, 6.07) is 0. The highest BCUT2D eigenvalue weighted by Crippen LogP contribution is 2.38. The molecule has 0 amide bonds. The Morgan fingerprint density at radius 2 is 0.593 bits per heavy atom. The van der Waals surface area contributed by atoms with Crippen LogP contribution in [0.15, 0.2) is 12.2 Å². The average molecular weight is 1240 g/mol.